The van der Waals surface area contributed by atoms with Gasteiger partial charge in [-0.05, 0) is 86.2 Å². The fourth-order valence-corrected chi connectivity index (χ4v) is 7.96. The Balaban J connectivity index is 1.34. The lowest BCUT2D eigenvalue weighted by Gasteiger charge is -2.60. The Morgan fingerprint density at radius 2 is 1.69 bits per heavy atom. The Kier molecular flexibility index (Phi) is 4.64. The number of carbonyl (C=O) groups is 2. The molecule has 0 unspecified atom stereocenters. The SMILES string of the molecule is C[C@@]12CC[C@H]3[C@@H](CC[C@@H]4CC(=O)CC[C@]43C)[C@H]1CC[C@@H]2OC(=O)c1ccccc1. The van der Waals surface area contributed by atoms with Gasteiger partial charge >= 0.3 is 5.97 Å². The summed E-state index contributed by atoms with van der Waals surface area (Å²) in [5.41, 5.74) is 1.11. The van der Waals surface area contributed by atoms with Crippen LogP contribution < -0.4 is 0 Å². The number of ketones is 1. The first-order chi connectivity index (χ1) is 13.9. The molecule has 0 N–H and O–H groups in total. The minimum atomic E-state index is -0.166. The minimum absolute atomic E-state index is 0.0413. The third-order valence-electron chi connectivity index (χ3n) is 9.65. The van der Waals surface area contributed by atoms with Gasteiger partial charge in [-0.3, -0.25) is 4.79 Å². The Labute approximate surface area is 174 Å². The third-order valence-corrected chi connectivity index (χ3v) is 9.65. The lowest BCUT2D eigenvalue weighted by atomic mass is 9.45. The molecule has 5 rings (SSSR count). The molecule has 1 aromatic rings. The van der Waals surface area contributed by atoms with E-state index >= 15 is 0 Å². The molecule has 0 heterocycles. The molecule has 29 heavy (non-hydrogen) atoms. The molecule has 0 spiro atoms. The number of benzene rings is 1. The zero-order valence-electron chi connectivity index (χ0n) is 17.9. The van der Waals surface area contributed by atoms with E-state index in [9.17, 15) is 9.59 Å². The maximum absolute atomic E-state index is 12.7. The van der Waals surface area contributed by atoms with Gasteiger partial charge in [0.15, 0.2) is 0 Å². The van der Waals surface area contributed by atoms with Gasteiger partial charge in [-0.2, -0.15) is 0 Å². The number of rotatable bonds is 2. The standard InChI is InChI=1S/C26H34O3/c1-25-14-12-19(27)16-18(25)8-9-20-21-10-11-23(26(21,2)15-13-22(20)25)29-24(28)17-6-4-3-5-7-17/h3-7,18,20-23H,8-16H2,1-2H3/t18-,20+,21-,22+,23+,25-,26-/m1/s1. The van der Waals surface area contributed by atoms with Crippen molar-refractivity contribution >= 4 is 11.8 Å². The summed E-state index contributed by atoms with van der Waals surface area (Å²) in [6, 6.07) is 9.42. The van der Waals surface area contributed by atoms with Gasteiger partial charge < -0.3 is 4.74 Å². The molecule has 0 aromatic heterocycles. The monoisotopic (exact) mass is 394 g/mol. The lowest BCUT2D eigenvalue weighted by molar-refractivity contribution is -0.142. The molecule has 4 fully saturated rings. The summed E-state index contributed by atoms with van der Waals surface area (Å²) < 4.78 is 6.11. The molecule has 3 heteroatoms. The molecule has 7 atom stereocenters. The second-order valence-corrected chi connectivity index (χ2v) is 10.8. The van der Waals surface area contributed by atoms with E-state index in [-0.39, 0.29) is 17.5 Å². The van der Waals surface area contributed by atoms with Crippen LogP contribution in [0.4, 0.5) is 0 Å². The van der Waals surface area contributed by atoms with Crippen molar-refractivity contribution in [3.05, 3.63) is 35.9 Å². The van der Waals surface area contributed by atoms with Gasteiger partial charge in [0.1, 0.15) is 11.9 Å². The van der Waals surface area contributed by atoms with Gasteiger partial charge in [0, 0.05) is 18.3 Å². The molecule has 0 amide bonds. The van der Waals surface area contributed by atoms with E-state index in [1.54, 1.807) is 0 Å². The number of esters is 1. The summed E-state index contributed by atoms with van der Waals surface area (Å²) >= 11 is 0. The second-order valence-electron chi connectivity index (χ2n) is 10.8. The van der Waals surface area contributed by atoms with E-state index < -0.39 is 0 Å². The number of carbonyl (C=O) groups excluding carboxylic acids is 2. The summed E-state index contributed by atoms with van der Waals surface area (Å²) in [5, 5.41) is 0. The minimum Gasteiger partial charge on any atom is -0.458 e. The molecule has 3 nitrogen and oxygen atoms in total. The van der Waals surface area contributed by atoms with Crippen molar-refractivity contribution in [2.45, 2.75) is 77.7 Å². The molecular weight excluding hydrogens is 360 g/mol. The Hall–Kier alpha value is -1.64. The maximum atomic E-state index is 12.7. The van der Waals surface area contributed by atoms with Crippen molar-refractivity contribution in [2.24, 2.45) is 34.5 Å². The average Bonchev–Trinajstić information content (AvgIpc) is 3.05. The van der Waals surface area contributed by atoms with Crippen LogP contribution in [0.5, 0.6) is 0 Å². The predicted octanol–water partition coefficient (Wildman–Crippen LogP) is 5.82. The Morgan fingerprint density at radius 3 is 2.48 bits per heavy atom. The predicted molar refractivity (Wildman–Crippen MR) is 112 cm³/mol. The third kappa shape index (κ3) is 2.99. The molecule has 4 aliphatic carbocycles. The first kappa shape index (κ1) is 19.3. The zero-order valence-corrected chi connectivity index (χ0v) is 17.9. The number of hydrogen-bond acceptors (Lipinski definition) is 3. The molecular formula is C26H34O3. The van der Waals surface area contributed by atoms with Crippen LogP contribution in [0.25, 0.3) is 0 Å². The smallest absolute Gasteiger partial charge is 0.338 e. The highest BCUT2D eigenvalue weighted by atomic mass is 16.5. The van der Waals surface area contributed by atoms with E-state index in [2.05, 4.69) is 13.8 Å². The molecule has 0 radical (unpaired) electrons. The van der Waals surface area contributed by atoms with Crippen LogP contribution in [0.3, 0.4) is 0 Å². The van der Waals surface area contributed by atoms with E-state index in [1.807, 2.05) is 30.3 Å². The van der Waals surface area contributed by atoms with Crippen LogP contribution in [0, 0.1) is 34.5 Å². The second kappa shape index (κ2) is 6.96. The Morgan fingerprint density at radius 1 is 0.931 bits per heavy atom. The molecule has 156 valence electrons. The summed E-state index contributed by atoms with van der Waals surface area (Å²) in [6.07, 6.45) is 9.79. The highest BCUT2D eigenvalue weighted by Crippen LogP contribution is 2.66. The van der Waals surface area contributed by atoms with Crippen molar-refractivity contribution in [1.29, 1.82) is 0 Å². The van der Waals surface area contributed by atoms with Crippen LogP contribution >= 0.6 is 0 Å². The summed E-state index contributed by atoms with van der Waals surface area (Å²) in [7, 11) is 0. The van der Waals surface area contributed by atoms with Gasteiger partial charge in [-0.25, -0.2) is 4.79 Å². The van der Waals surface area contributed by atoms with Gasteiger partial charge in [0.2, 0.25) is 0 Å². The molecule has 0 bridgehead atoms. The van der Waals surface area contributed by atoms with Crippen molar-refractivity contribution in [3.8, 4) is 0 Å². The maximum Gasteiger partial charge on any atom is 0.338 e. The van der Waals surface area contributed by atoms with Crippen molar-refractivity contribution < 1.29 is 14.3 Å². The summed E-state index contributed by atoms with van der Waals surface area (Å²) in [4.78, 5) is 24.8. The molecule has 4 aliphatic rings. The number of Topliss-reactive ketones (excluding diaryl/α,β-unsaturated/α-hetero) is 1. The van der Waals surface area contributed by atoms with Gasteiger partial charge in [-0.15, -0.1) is 0 Å². The Bertz CT molecular complexity index is 801. The zero-order chi connectivity index (χ0) is 20.2. The van der Waals surface area contributed by atoms with Crippen LogP contribution in [0.2, 0.25) is 0 Å². The van der Waals surface area contributed by atoms with Crippen LogP contribution in [-0.4, -0.2) is 17.9 Å². The molecule has 0 aliphatic heterocycles. The number of ether oxygens (including phenoxy) is 1. The van der Waals surface area contributed by atoms with E-state index in [1.165, 1.54) is 25.7 Å². The molecule has 0 saturated heterocycles. The lowest BCUT2D eigenvalue weighted by Crippen LogP contribution is -2.54. The number of fused-ring (bicyclic) bond motifs is 5. The van der Waals surface area contributed by atoms with Gasteiger partial charge in [-0.1, -0.05) is 32.0 Å². The van der Waals surface area contributed by atoms with Crippen molar-refractivity contribution in [1.82, 2.24) is 0 Å². The molecule has 1 aromatic carbocycles. The summed E-state index contributed by atoms with van der Waals surface area (Å²) in [6.45, 7) is 4.88. The van der Waals surface area contributed by atoms with Gasteiger partial charge in [0.25, 0.3) is 0 Å². The quantitative estimate of drug-likeness (QED) is 0.593. The van der Waals surface area contributed by atoms with Gasteiger partial charge in [0.05, 0.1) is 5.56 Å². The summed E-state index contributed by atoms with van der Waals surface area (Å²) in [5.74, 6) is 3.06. The topological polar surface area (TPSA) is 43.4 Å². The van der Waals surface area contributed by atoms with E-state index in [4.69, 9.17) is 4.74 Å². The van der Waals surface area contributed by atoms with Crippen LogP contribution in [0.15, 0.2) is 30.3 Å². The van der Waals surface area contributed by atoms with E-state index in [0.29, 0.717) is 28.6 Å². The van der Waals surface area contributed by atoms with E-state index in [0.717, 1.165) is 43.9 Å². The number of hydrogen-bond donors (Lipinski definition) is 0. The first-order valence-corrected chi connectivity index (χ1v) is 11.7. The van der Waals surface area contributed by atoms with Crippen LogP contribution in [-0.2, 0) is 9.53 Å². The largest absolute Gasteiger partial charge is 0.458 e. The highest BCUT2D eigenvalue weighted by Gasteiger charge is 2.61. The normalized spacial score (nSPS) is 43.8. The van der Waals surface area contributed by atoms with Crippen molar-refractivity contribution in [2.75, 3.05) is 0 Å². The highest BCUT2D eigenvalue weighted by molar-refractivity contribution is 5.89. The van der Waals surface area contributed by atoms with Crippen LogP contribution in [0.1, 0.15) is 82.0 Å². The average molecular weight is 395 g/mol. The molecule has 4 saturated carbocycles. The fourth-order valence-electron chi connectivity index (χ4n) is 7.96. The first-order valence-electron chi connectivity index (χ1n) is 11.7. The fraction of sp³-hybridized carbons (Fsp3) is 0.692. The van der Waals surface area contributed by atoms with Crippen molar-refractivity contribution in [3.63, 3.8) is 0 Å².